The Labute approximate surface area is 81.7 Å². The minimum Gasteiger partial charge on any atom is -0.455 e. The number of rotatable bonds is 1. The van der Waals surface area contributed by atoms with E-state index in [9.17, 15) is 17.6 Å². The molecule has 0 atom stereocenters. The van der Waals surface area contributed by atoms with Gasteiger partial charge in [-0.15, -0.1) is 0 Å². The molecule has 0 N–H and O–H groups in total. The second-order valence-corrected chi connectivity index (χ2v) is 2.76. The molecule has 0 aliphatic carbocycles. The summed E-state index contributed by atoms with van der Waals surface area (Å²) in [6, 6.07) is 0.122. The van der Waals surface area contributed by atoms with Gasteiger partial charge in [-0.2, -0.15) is 0 Å². The van der Waals surface area contributed by atoms with Gasteiger partial charge in [-0.25, -0.2) is 17.6 Å². The third kappa shape index (κ3) is 1.51. The van der Waals surface area contributed by atoms with E-state index in [1.807, 2.05) is 0 Å². The first-order chi connectivity index (χ1) is 7.11. The van der Waals surface area contributed by atoms with Crippen LogP contribution >= 0.6 is 0 Å². The molecule has 2 rings (SSSR count). The number of benzene rings is 1. The van der Waals surface area contributed by atoms with Crippen molar-refractivity contribution >= 4 is 0 Å². The second-order valence-electron chi connectivity index (χ2n) is 2.76. The van der Waals surface area contributed by atoms with Crippen molar-refractivity contribution in [2.24, 2.45) is 0 Å². The fourth-order valence-corrected chi connectivity index (χ4v) is 1.17. The Bertz CT molecular complexity index is 396. The summed E-state index contributed by atoms with van der Waals surface area (Å²) >= 11 is 0. The molecule has 0 radical (unpaired) electrons. The largest absolute Gasteiger partial charge is 0.455 e. The van der Waals surface area contributed by atoms with Crippen LogP contribution in [0, 0.1) is 23.3 Å². The van der Waals surface area contributed by atoms with Crippen LogP contribution in [0.25, 0.3) is 0 Å². The summed E-state index contributed by atoms with van der Waals surface area (Å²) < 4.78 is 61.0. The minimum atomic E-state index is -1.53. The van der Waals surface area contributed by atoms with Gasteiger partial charge in [0.2, 0.25) is 0 Å². The lowest BCUT2D eigenvalue weighted by atomic mass is 10.1. The van der Waals surface area contributed by atoms with E-state index >= 15 is 0 Å². The molecule has 0 bridgehead atoms. The van der Waals surface area contributed by atoms with Crippen LogP contribution < -0.4 is 0 Å². The Morgan fingerprint density at radius 2 is 1.33 bits per heavy atom. The van der Waals surface area contributed by atoms with Crippen LogP contribution in [0.2, 0.25) is 0 Å². The van der Waals surface area contributed by atoms with Gasteiger partial charge in [-0.3, -0.25) is 0 Å². The molecule has 0 amide bonds. The van der Waals surface area contributed by atoms with E-state index in [1.165, 1.54) is 0 Å². The SMILES string of the molecule is Fc1cc(F)c(F)c(C2OC=CO2)c1F. The summed E-state index contributed by atoms with van der Waals surface area (Å²) in [6.45, 7) is 0. The Morgan fingerprint density at radius 1 is 0.867 bits per heavy atom. The zero-order chi connectivity index (χ0) is 11.0. The van der Waals surface area contributed by atoms with E-state index in [0.29, 0.717) is 0 Å². The fourth-order valence-electron chi connectivity index (χ4n) is 1.17. The highest BCUT2D eigenvalue weighted by atomic mass is 19.2. The normalized spacial score (nSPS) is 15.2. The van der Waals surface area contributed by atoms with Gasteiger partial charge >= 0.3 is 0 Å². The van der Waals surface area contributed by atoms with Crippen LogP contribution in [-0.2, 0) is 9.47 Å². The van der Waals surface area contributed by atoms with E-state index < -0.39 is 35.1 Å². The molecule has 15 heavy (non-hydrogen) atoms. The molecule has 0 saturated heterocycles. The molecule has 2 nitrogen and oxygen atoms in total. The van der Waals surface area contributed by atoms with Gasteiger partial charge in [0.15, 0.2) is 23.3 Å². The maximum absolute atomic E-state index is 13.1. The van der Waals surface area contributed by atoms with Crippen LogP contribution in [0.3, 0.4) is 0 Å². The van der Waals surface area contributed by atoms with E-state index in [1.54, 1.807) is 0 Å². The molecule has 0 saturated carbocycles. The maximum atomic E-state index is 13.1. The summed E-state index contributed by atoms with van der Waals surface area (Å²) in [5.74, 6) is -6.05. The van der Waals surface area contributed by atoms with Gasteiger partial charge in [0, 0.05) is 6.07 Å². The van der Waals surface area contributed by atoms with Crippen molar-refractivity contribution in [1.82, 2.24) is 0 Å². The van der Waals surface area contributed by atoms with Crippen molar-refractivity contribution in [2.45, 2.75) is 6.29 Å². The van der Waals surface area contributed by atoms with Crippen LogP contribution in [0.5, 0.6) is 0 Å². The summed E-state index contributed by atoms with van der Waals surface area (Å²) in [5, 5.41) is 0. The summed E-state index contributed by atoms with van der Waals surface area (Å²) in [6.07, 6.45) is 0.550. The molecule has 0 aromatic heterocycles. The molecule has 0 fully saturated rings. The van der Waals surface area contributed by atoms with Gasteiger partial charge in [0.1, 0.15) is 18.1 Å². The summed E-state index contributed by atoms with van der Waals surface area (Å²) in [5.41, 5.74) is -0.919. The van der Waals surface area contributed by atoms with Crippen molar-refractivity contribution in [3.63, 3.8) is 0 Å². The van der Waals surface area contributed by atoms with Crippen molar-refractivity contribution < 1.29 is 27.0 Å². The monoisotopic (exact) mass is 220 g/mol. The molecule has 1 aliphatic rings. The molecule has 1 heterocycles. The molecule has 1 aromatic rings. The lowest BCUT2D eigenvalue weighted by Gasteiger charge is -2.12. The van der Waals surface area contributed by atoms with Crippen LogP contribution in [0.15, 0.2) is 18.6 Å². The quantitative estimate of drug-likeness (QED) is 0.535. The molecule has 80 valence electrons. The predicted octanol–water partition coefficient (Wildman–Crippen LogP) is 2.76. The zero-order valence-corrected chi connectivity index (χ0v) is 7.14. The van der Waals surface area contributed by atoms with Gasteiger partial charge in [0.25, 0.3) is 6.29 Å². The molecule has 1 aliphatic heterocycles. The van der Waals surface area contributed by atoms with Crippen molar-refractivity contribution in [1.29, 1.82) is 0 Å². The molecule has 1 aromatic carbocycles. The first-order valence-corrected chi connectivity index (χ1v) is 3.90. The Hall–Kier alpha value is -1.72. The summed E-state index contributed by atoms with van der Waals surface area (Å²) in [7, 11) is 0. The lowest BCUT2D eigenvalue weighted by Crippen LogP contribution is -2.09. The molecule has 0 spiro atoms. The Morgan fingerprint density at radius 3 is 1.80 bits per heavy atom. The number of ether oxygens (including phenoxy) is 2. The van der Waals surface area contributed by atoms with Crippen LogP contribution in [-0.4, -0.2) is 0 Å². The predicted molar refractivity (Wildman–Crippen MR) is 40.3 cm³/mol. The molecular weight excluding hydrogens is 216 g/mol. The smallest absolute Gasteiger partial charge is 0.272 e. The van der Waals surface area contributed by atoms with Crippen LogP contribution in [0.4, 0.5) is 17.6 Å². The first-order valence-electron chi connectivity index (χ1n) is 3.90. The molecular formula is C9H4F4O2. The highest BCUT2D eigenvalue weighted by Crippen LogP contribution is 2.30. The highest BCUT2D eigenvalue weighted by Gasteiger charge is 2.29. The third-order valence-corrected chi connectivity index (χ3v) is 1.84. The van der Waals surface area contributed by atoms with Gasteiger partial charge in [-0.1, -0.05) is 0 Å². The van der Waals surface area contributed by atoms with E-state index in [-0.39, 0.29) is 6.07 Å². The lowest BCUT2D eigenvalue weighted by molar-refractivity contribution is -0.0307. The average Bonchev–Trinajstić information content (AvgIpc) is 2.69. The van der Waals surface area contributed by atoms with Gasteiger partial charge in [0.05, 0.1) is 0 Å². The first kappa shape index (κ1) is 9.82. The average molecular weight is 220 g/mol. The van der Waals surface area contributed by atoms with E-state index in [0.717, 1.165) is 12.5 Å². The summed E-state index contributed by atoms with van der Waals surface area (Å²) in [4.78, 5) is 0. The van der Waals surface area contributed by atoms with Crippen molar-refractivity contribution in [3.8, 4) is 0 Å². The topological polar surface area (TPSA) is 18.5 Å². The maximum Gasteiger partial charge on any atom is 0.272 e. The van der Waals surface area contributed by atoms with Crippen molar-refractivity contribution in [3.05, 3.63) is 47.4 Å². The van der Waals surface area contributed by atoms with Crippen molar-refractivity contribution in [2.75, 3.05) is 0 Å². The molecule has 6 heteroatoms. The van der Waals surface area contributed by atoms with Gasteiger partial charge < -0.3 is 9.47 Å². The number of halogens is 4. The highest BCUT2D eigenvalue weighted by molar-refractivity contribution is 5.24. The van der Waals surface area contributed by atoms with E-state index in [2.05, 4.69) is 9.47 Å². The molecule has 0 unspecified atom stereocenters. The van der Waals surface area contributed by atoms with E-state index in [4.69, 9.17) is 0 Å². The van der Waals surface area contributed by atoms with Gasteiger partial charge in [-0.05, 0) is 0 Å². The Kier molecular flexibility index (Phi) is 2.26. The fraction of sp³-hybridized carbons (Fsp3) is 0.111. The number of hydrogen-bond acceptors (Lipinski definition) is 2. The standard InChI is InChI=1S/C9H4F4O2/c10-4-3-5(11)8(13)6(7(4)12)9-14-1-2-15-9/h1-3,9H. The minimum absolute atomic E-state index is 0.122. The Balaban J connectivity index is 2.53. The number of hydrogen-bond donors (Lipinski definition) is 0. The second kappa shape index (κ2) is 3.45. The zero-order valence-electron chi connectivity index (χ0n) is 7.14. The van der Waals surface area contributed by atoms with Crippen LogP contribution in [0.1, 0.15) is 11.9 Å². The third-order valence-electron chi connectivity index (χ3n) is 1.84.